The average molecular weight is 293 g/mol. The summed E-state index contributed by atoms with van der Waals surface area (Å²) in [5.41, 5.74) is 4.41. The van der Waals surface area contributed by atoms with E-state index in [1.807, 2.05) is 0 Å². The molecule has 0 aliphatic carbocycles. The molecule has 0 unspecified atom stereocenters. The number of likely N-dealkylation sites (tertiary alicyclic amines) is 1. The standard InChI is InChI=1S/C21H27N/c1-16(2)19-10-7-11-20(12-19)21-15-22(13-17(21)3)14-18-8-5-4-6-9-18/h4-12,16-17,21H,13-15H2,1-3H3/t17-,21-/m0/s1. The lowest BCUT2D eigenvalue weighted by molar-refractivity contribution is 0.319. The molecule has 1 aliphatic heterocycles. The minimum Gasteiger partial charge on any atom is -0.298 e. The number of rotatable bonds is 4. The molecule has 0 aromatic heterocycles. The zero-order valence-electron chi connectivity index (χ0n) is 14.0. The Morgan fingerprint density at radius 3 is 2.50 bits per heavy atom. The molecule has 116 valence electrons. The summed E-state index contributed by atoms with van der Waals surface area (Å²) >= 11 is 0. The lowest BCUT2D eigenvalue weighted by Gasteiger charge is -2.18. The third-order valence-corrected chi connectivity index (χ3v) is 4.94. The Balaban J connectivity index is 1.72. The highest BCUT2D eigenvalue weighted by atomic mass is 15.1. The number of hydrogen-bond acceptors (Lipinski definition) is 1. The Hall–Kier alpha value is -1.60. The van der Waals surface area contributed by atoms with Gasteiger partial charge >= 0.3 is 0 Å². The average Bonchev–Trinajstić information content (AvgIpc) is 2.89. The summed E-state index contributed by atoms with van der Waals surface area (Å²) in [7, 11) is 0. The zero-order valence-corrected chi connectivity index (χ0v) is 14.0. The van der Waals surface area contributed by atoms with Gasteiger partial charge in [-0.2, -0.15) is 0 Å². The van der Waals surface area contributed by atoms with E-state index in [9.17, 15) is 0 Å². The van der Waals surface area contributed by atoms with Gasteiger partial charge in [-0.25, -0.2) is 0 Å². The summed E-state index contributed by atoms with van der Waals surface area (Å²) in [6.45, 7) is 10.4. The second-order valence-corrected chi connectivity index (χ2v) is 7.09. The third kappa shape index (κ3) is 3.41. The monoisotopic (exact) mass is 293 g/mol. The van der Waals surface area contributed by atoms with Crippen LogP contribution in [0.4, 0.5) is 0 Å². The molecule has 1 saturated heterocycles. The van der Waals surface area contributed by atoms with E-state index >= 15 is 0 Å². The van der Waals surface area contributed by atoms with E-state index in [0.717, 1.165) is 12.5 Å². The highest BCUT2D eigenvalue weighted by molar-refractivity contribution is 5.30. The first-order valence-corrected chi connectivity index (χ1v) is 8.49. The van der Waals surface area contributed by atoms with Crippen molar-refractivity contribution in [2.45, 2.75) is 39.2 Å². The summed E-state index contributed by atoms with van der Waals surface area (Å²) in [6, 6.07) is 20.1. The number of hydrogen-bond donors (Lipinski definition) is 0. The van der Waals surface area contributed by atoms with Crippen LogP contribution in [0, 0.1) is 5.92 Å². The molecule has 1 heterocycles. The summed E-state index contributed by atoms with van der Waals surface area (Å²) in [5.74, 6) is 2.01. The van der Waals surface area contributed by atoms with Crippen LogP contribution in [-0.2, 0) is 6.54 Å². The second kappa shape index (κ2) is 6.66. The van der Waals surface area contributed by atoms with Gasteiger partial charge in [-0.3, -0.25) is 4.90 Å². The van der Waals surface area contributed by atoms with Crippen molar-refractivity contribution >= 4 is 0 Å². The highest BCUT2D eigenvalue weighted by Crippen LogP contribution is 2.34. The van der Waals surface area contributed by atoms with Crippen LogP contribution in [0.5, 0.6) is 0 Å². The van der Waals surface area contributed by atoms with Crippen molar-refractivity contribution in [2.75, 3.05) is 13.1 Å². The molecule has 0 bridgehead atoms. The van der Waals surface area contributed by atoms with Gasteiger partial charge in [0.15, 0.2) is 0 Å². The molecule has 22 heavy (non-hydrogen) atoms. The summed E-state index contributed by atoms with van der Waals surface area (Å²) in [6.07, 6.45) is 0. The van der Waals surface area contributed by atoms with E-state index in [4.69, 9.17) is 0 Å². The van der Waals surface area contributed by atoms with Crippen molar-refractivity contribution in [3.05, 3.63) is 71.3 Å². The van der Waals surface area contributed by atoms with E-state index in [1.54, 1.807) is 0 Å². The highest BCUT2D eigenvalue weighted by Gasteiger charge is 2.30. The molecule has 1 heteroatoms. The fourth-order valence-electron chi connectivity index (χ4n) is 3.62. The fourth-order valence-corrected chi connectivity index (χ4v) is 3.62. The third-order valence-electron chi connectivity index (χ3n) is 4.94. The van der Waals surface area contributed by atoms with Crippen LogP contribution in [0.15, 0.2) is 54.6 Å². The Morgan fingerprint density at radius 1 is 1.00 bits per heavy atom. The zero-order chi connectivity index (χ0) is 15.5. The normalized spacial score (nSPS) is 22.4. The first-order valence-electron chi connectivity index (χ1n) is 8.49. The molecule has 0 saturated carbocycles. The molecular weight excluding hydrogens is 266 g/mol. The van der Waals surface area contributed by atoms with Crippen molar-refractivity contribution in [1.82, 2.24) is 4.90 Å². The quantitative estimate of drug-likeness (QED) is 0.763. The first kappa shape index (κ1) is 15.3. The topological polar surface area (TPSA) is 3.24 Å². The predicted octanol–water partition coefficient (Wildman–Crippen LogP) is 5.05. The molecule has 0 spiro atoms. The Morgan fingerprint density at radius 2 is 1.77 bits per heavy atom. The van der Waals surface area contributed by atoms with Crippen LogP contribution in [0.25, 0.3) is 0 Å². The van der Waals surface area contributed by atoms with Gasteiger partial charge in [-0.1, -0.05) is 75.4 Å². The Kier molecular flexibility index (Phi) is 4.63. The van der Waals surface area contributed by atoms with Gasteiger partial charge in [-0.15, -0.1) is 0 Å². The van der Waals surface area contributed by atoms with E-state index in [0.29, 0.717) is 11.8 Å². The van der Waals surface area contributed by atoms with Crippen LogP contribution in [0.1, 0.15) is 49.3 Å². The molecule has 0 N–H and O–H groups in total. The molecule has 2 aromatic carbocycles. The number of nitrogens with zero attached hydrogens (tertiary/aromatic N) is 1. The molecule has 2 aromatic rings. The van der Waals surface area contributed by atoms with E-state index in [-0.39, 0.29) is 0 Å². The molecule has 3 rings (SSSR count). The molecule has 0 amide bonds. The Labute approximate surface area is 135 Å². The van der Waals surface area contributed by atoms with Gasteiger partial charge < -0.3 is 0 Å². The van der Waals surface area contributed by atoms with Gasteiger partial charge in [0.25, 0.3) is 0 Å². The van der Waals surface area contributed by atoms with Crippen LogP contribution < -0.4 is 0 Å². The summed E-state index contributed by atoms with van der Waals surface area (Å²) < 4.78 is 0. The molecule has 1 nitrogen and oxygen atoms in total. The minimum atomic E-state index is 0.608. The van der Waals surface area contributed by atoms with Gasteiger partial charge in [0.1, 0.15) is 0 Å². The maximum Gasteiger partial charge on any atom is 0.0234 e. The van der Waals surface area contributed by atoms with Crippen molar-refractivity contribution in [3.63, 3.8) is 0 Å². The van der Waals surface area contributed by atoms with Crippen LogP contribution in [0.2, 0.25) is 0 Å². The second-order valence-electron chi connectivity index (χ2n) is 7.09. The largest absolute Gasteiger partial charge is 0.298 e. The maximum absolute atomic E-state index is 2.60. The van der Waals surface area contributed by atoms with E-state index < -0.39 is 0 Å². The van der Waals surface area contributed by atoms with Crippen LogP contribution in [0.3, 0.4) is 0 Å². The summed E-state index contributed by atoms with van der Waals surface area (Å²) in [4.78, 5) is 2.60. The van der Waals surface area contributed by atoms with Crippen molar-refractivity contribution in [3.8, 4) is 0 Å². The fraction of sp³-hybridized carbons (Fsp3) is 0.429. The van der Waals surface area contributed by atoms with Gasteiger partial charge in [0.2, 0.25) is 0 Å². The lowest BCUT2D eigenvalue weighted by atomic mass is 9.88. The number of benzene rings is 2. The lowest BCUT2D eigenvalue weighted by Crippen LogP contribution is -2.20. The molecule has 0 radical (unpaired) electrons. The maximum atomic E-state index is 2.60. The van der Waals surface area contributed by atoms with Crippen LogP contribution in [-0.4, -0.2) is 18.0 Å². The van der Waals surface area contributed by atoms with E-state index in [2.05, 4.69) is 80.3 Å². The molecule has 2 atom stereocenters. The van der Waals surface area contributed by atoms with Crippen molar-refractivity contribution < 1.29 is 0 Å². The predicted molar refractivity (Wildman–Crippen MR) is 94.2 cm³/mol. The van der Waals surface area contributed by atoms with E-state index in [1.165, 1.54) is 29.8 Å². The van der Waals surface area contributed by atoms with Crippen molar-refractivity contribution in [1.29, 1.82) is 0 Å². The molecule has 1 aliphatic rings. The summed E-state index contributed by atoms with van der Waals surface area (Å²) in [5, 5.41) is 0. The van der Waals surface area contributed by atoms with Gasteiger partial charge in [0.05, 0.1) is 0 Å². The molecule has 1 fully saturated rings. The Bertz CT molecular complexity index is 602. The van der Waals surface area contributed by atoms with Crippen molar-refractivity contribution in [2.24, 2.45) is 5.92 Å². The molecular formula is C21H27N. The van der Waals surface area contributed by atoms with Gasteiger partial charge in [-0.05, 0) is 28.5 Å². The smallest absolute Gasteiger partial charge is 0.0234 e. The van der Waals surface area contributed by atoms with Crippen LogP contribution >= 0.6 is 0 Å². The minimum absolute atomic E-state index is 0.608. The van der Waals surface area contributed by atoms with Gasteiger partial charge in [0, 0.05) is 25.6 Å². The SMILES string of the molecule is CC(C)c1cccc([C@H]2CN(Cc3ccccc3)C[C@@H]2C)c1. The first-order chi connectivity index (χ1) is 10.6.